The minimum absolute atomic E-state index is 0.0156. The largest absolute Gasteiger partial charge is 0.484 e. The summed E-state index contributed by atoms with van der Waals surface area (Å²) in [6, 6.07) is 9.46. The fourth-order valence-electron chi connectivity index (χ4n) is 1.68. The van der Waals surface area contributed by atoms with Crippen LogP contribution in [-0.2, 0) is 18.4 Å². The summed E-state index contributed by atoms with van der Waals surface area (Å²) in [7, 11) is 3.48. The van der Waals surface area contributed by atoms with E-state index in [1.54, 1.807) is 13.2 Å². The van der Waals surface area contributed by atoms with E-state index in [0.717, 1.165) is 11.4 Å². The number of likely N-dealkylation sites (N-methyl/N-ethyl adjacent to an activating group) is 1. The number of nitrogens with one attached hydrogen (secondary N) is 2. The van der Waals surface area contributed by atoms with Gasteiger partial charge < -0.3 is 15.4 Å². The zero-order valence-electron chi connectivity index (χ0n) is 11.6. The first-order valence-corrected chi connectivity index (χ1v) is 6.33. The predicted octanol–water partition coefficient (Wildman–Crippen LogP) is 1.16. The Morgan fingerprint density at radius 3 is 2.95 bits per heavy atom. The molecule has 20 heavy (non-hydrogen) atoms. The molecule has 2 rings (SSSR count). The molecule has 2 aromatic rings. The van der Waals surface area contributed by atoms with E-state index in [1.807, 2.05) is 42.1 Å². The molecule has 1 aromatic carbocycles. The number of amides is 1. The molecule has 0 saturated carbocycles. The van der Waals surface area contributed by atoms with Gasteiger partial charge in [-0.1, -0.05) is 6.07 Å². The molecule has 0 saturated heterocycles. The van der Waals surface area contributed by atoms with Crippen LogP contribution in [-0.4, -0.2) is 29.3 Å². The van der Waals surface area contributed by atoms with E-state index in [0.29, 0.717) is 12.3 Å². The summed E-state index contributed by atoms with van der Waals surface area (Å²) < 4.78 is 7.21. The minimum Gasteiger partial charge on any atom is -0.484 e. The maximum Gasteiger partial charge on any atom is 0.257 e. The number of aromatic nitrogens is 2. The van der Waals surface area contributed by atoms with Gasteiger partial charge in [-0.2, -0.15) is 5.10 Å². The number of carbonyl (C=O) groups is 1. The van der Waals surface area contributed by atoms with Gasteiger partial charge in [-0.3, -0.25) is 9.48 Å². The van der Waals surface area contributed by atoms with Gasteiger partial charge in [0, 0.05) is 32.0 Å². The van der Waals surface area contributed by atoms with E-state index in [4.69, 9.17) is 4.74 Å². The Bertz CT molecular complexity index is 580. The molecule has 0 aliphatic carbocycles. The number of anilines is 1. The lowest BCUT2D eigenvalue weighted by atomic mass is 10.3. The first-order chi connectivity index (χ1) is 9.69. The van der Waals surface area contributed by atoms with Crippen LogP contribution >= 0.6 is 0 Å². The van der Waals surface area contributed by atoms with Crippen molar-refractivity contribution in [3.8, 4) is 5.75 Å². The lowest BCUT2D eigenvalue weighted by Gasteiger charge is -2.09. The zero-order chi connectivity index (χ0) is 14.4. The highest BCUT2D eigenvalue weighted by Crippen LogP contribution is 2.17. The maximum atomic E-state index is 11.1. The molecule has 2 N–H and O–H groups in total. The summed E-state index contributed by atoms with van der Waals surface area (Å²) in [6.07, 6.45) is 1.76. The summed E-state index contributed by atoms with van der Waals surface area (Å²) in [4.78, 5) is 11.1. The number of hydrogen-bond donors (Lipinski definition) is 2. The third kappa shape index (κ3) is 3.74. The molecule has 0 radical (unpaired) electrons. The van der Waals surface area contributed by atoms with Crippen molar-refractivity contribution in [1.82, 2.24) is 15.1 Å². The van der Waals surface area contributed by atoms with Crippen LogP contribution in [0.5, 0.6) is 5.75 Å². The van der Waals surface area contributed by atoms with Crippen molar-refractivity contribution in [2.24, 2.45) is 7.05 Å². The third-order valence-corrected chi connectivity index (χ3v) is 2.88. The zero-order valence-corrected chi connectivity index (χ0v) is 11.6. The average molecular weight is 274 g/mol. The molecule has 1 amide bonds. The van der Waals surface area contributed by atoms with Crippen LogP contribution in [0.15, 0.2) is 36.5 Å². The normalized spacial score (nSPS) is 10.1. The lowest BCUT2D eigenvalue weighted by Crippen LogP contribution is -2.24. The van der Waals surface area contributed by atoms with Gasteiger partial charge in [0.25, 0.3) is 5.91 Å². The number of ether oxygens (including phenoxy) is 1. The molecule has 6 nitrogen and oxygen atoms in total. The third-order valence-electron chi connectivity index (χ3n) is 2.88. The van der Waals surface area contributed by atoms with Crippen LogP contribution in [0.3, 0.4) is 0 Å². The average Bonchev–Trinajstić information content (AvgIpc) is 2.88. The molecule has 1 heterocycles. The molecular formula is C14H18N4O2. The van der Waals surface area contributed by atoms with Crippen LogP contribution in [0.2, 0.25) is 0 Å². The Hall–Kier alpha value is -2.50. The van der Waals surface area contributed by atoms with E-state index in [1.165, 1.54) is 0 Å². The summed E-state index contributed by atoms with van der Waals surface area (Å²) in [5.41, 5.74) is 2.02. The molecule has 0 unspecified atom stereocenters. The highest BCUT2D eigenvalue weighted by Gasteiger charge is 2.02. The molecule has 106 valence electrons. The van der Waals surface area contributed by atoms with Crippen LogP contribution < -0.4 is 15.4 Å². The Balaban J connectivity index is 1.92. The molecular weight excluding hydrogens is 256 g/mol. The topological polar surface area (TPSA) is 68.2 Å². The standard InChI is InChI=1S/C14H18N4O2/c1-15-14(19)10-20-13-5-3-4-11(8-13)16-9-12-6-7-17-18(12)2/h3-8,16H,9-10H2,1-2H3,(H,15,19). The minimum atomic E-state index is -0.154. The van der Waals surface area contributed by atoms with E-state index in [-0.39, 0.29) is 12.5 Å². The molecule has 0 aliphatic heterocycles. The maximum absolute atomic E-state index is 11.1. The quantitative estimate of drug-likeness (QED) is 0.829. The Kier molecular flexibility index (Phi) is 4.60. The second kappa shape index (κ2) is 6.60. The first kappa shape index (κ1) is 13.9. The summed E-state index contributed by atoms with van der Waals surface area (Å²) in [6.45, 7) is 0.692. The van der Waals surface area contributed by atoms with E-state index in [2.05, 4.69) is 15.7 Å². The molecule has 0 aliphatic rings. The molecule has 0 fully saturated rings. The van der Waals surface area contributed by atoms with Crippen molar-refractivity contribution >= 4 is 11.6 Å². The SMILES string of the molecule is CNC(=O)COc1cccc(NCc2ccnn2C)c1. The summed E-state index contributed by atoms with van der Waals surface area (Å²) in [5, 5.41) is 9.91. The summed E-state index contributed by atoms with van der Waals surface area (Å²) in [5.74, 6) is 0.502. The second-order valence-corrected chi connectivity index (χ2v) is 4.29. The van der Waals surface area contributed by atoms with Crippen molar-refractivity contribution in [3.63, 3.8) is 0 Å². The fourth-order valence-corrected chi connectivity index (χ4v) is 1.68. The predicted molar refractivity (Wildman–Crippen MR) is 76.5 cm³/mol. The van der Waals surface area contributed by atoms with Gasteiger partial charge in [0.1, 0.15) is 5.75 Å². The molecule has 0 atom stereocenters. The van der Waals surface area contributed by atoms with Crippen molar-refractivity contribution in [2.75, 3.05) is 19.0 Å². The first-order valence-electron chi connectivity index (χ1n) is 6.33. The van der Waals surface area contributed by atoms with E-state index >= 15 is 0 Å². The molecule has 0 bridgehead atoms. The Morgan fingerprint density at radius 2 is 2.25 bits per heavy atom. The van der Waals surface area contributed by atoms with Gasteiger partial charge in [-0.15, -0.1) is 0 Å². The van der Waals surface area contributed by atoms with Crippen molar-refractivity contribution < 1.29 is 9.53 Å². The number of hydrogen-bond acceptors (Lipinski definition) is 4. The van der Waals surface area contributed by atoms with Crippen molar-refractivity contribution in [1.29, 1.82) is 0 Å². The van der Waals surface area contributed by atoms with Gasteiger partial charge in [-0.25, -0.2) is 0 Å². The van der Waals surface area contributed by atoms with E-state index in [9.17, 15) is 4.79 Å². The number of benzene rings is 1. The highest BCUT2D eigenvalue weighted by molar-refractivity contribution is 5.77. The van der Waals surface area contributed by atoms with Gasteiger partial charge in [0.15, 0.2) is 6.61 Å². The second-order valence-electron chi connectivity index (χ2n) is 4.29. The van der Waals surface area contributed by atoms with Crippen LogP contribution in [0, 0.1) is 0 Å². The Morgan fingerprint density at radius 1 is 1.40 bits per heavy atom. The van der Waals surface area contributed by atoms with E-state index < -0.39 is 0 Å². The Labute approximate surface area is 117 Å². The number of carbonyl (C=O) groups excluding carboxylic acids is 1. The van der Waals surface area contributed by atoms with Crippen LogP contribution in [0.25, 0.3) is 0 Å². The smallest absolute Gasteiger partial charge is 0.257 e. The highest BCUT2D eigenvalue weighted by atomic mass is 16.5. The summed E-state index contributed by atoms with van der Waals surface area (Å²) >= 11 is 0. The van der Waals surface area contributed by atoms with Crippen LogP contribution in [0.1, 0.15) is 5.69 Å². The van der Waals surface area contributed by atoms with Crippen molar-refractivity contribution in [2.45, 2.75) is 6.54 Å². The monoisotopic (exact) mass is 274 g/mol. The fraction of sp³-hybridized carbons (Fsp3) is 0.286. The van der Waals surface area contributed by atoms with Gasteiger partial charge in [-0.05, 0) is 18.2 Å². The number of aryl methyl sites for hydroxylation is 1. The molecule has 1 aromatic heterocycles. The van der Waals surface area contributed by atoms with Gasteiger partial charge >= 0.3 is 0 Å². The number of nitrogens with zero attached hydrogens (tertiary/aromatic N) is 2. The lowest BCUT2D eigenvalue weighted by molar-refractivity contribution is -0.122. The van der Waals surface area contributed by atoms with Gasteiger partial charge in [0.05, 0.1) is 12.2 Å². The van der Waals surface area contributed by atoms with Gasteiger partial charge in [0.2, 0.25) is 0 Å². The molecule has 0 spiro atoms. The molecule has 6 heteroatoms. The van der Waals surface area contributed by atoms with Crippen LogP contribution in [0.4, 0.5) is 5.69 Å². The van der Waals surface area contributed by atoms with Crippen molar-refractivity contribution in [3.05, 3.63) is 42.2 Å². The number of rotatable bonds is 6.